The molecule has 7 nitrogen and oxygen atoms in total. The number of aromatic nitrogens is 4. The van der Waals surface area contributed by atoms with Crippen LogP contribution in [0.2, 0.25) is 0 Å². The van der Waals surface area contributed by atoms with Crippen LogP contribution in [-0.4, -0.2) is 23.8 Å². The fourth-order valence-electron chi connectivity index (χ4n) is 5.55. The lowest BCUT2D eigenvalue weighted by Crippen LogP contribution is -2.41. The zero-order chi connectivity index (χ0) is 31.6. The van der Waals surface area contributed by atoms with Gasteiger partial charge < -0.3 is 9.67 Å². The van der Waals surface area contributed by atoms with Crippen molar-refractivity contribution in [3.63, 3.8) is 0 Å². The molecule has 0 fully saturated rings. The van der Waals surface area contributed by atoms with Gasteiger partial charge in [0.2, 0.25) is 0 Å². The van der Waals surface area contributed by atoms with Crippen molar-refractivity contribution in [3.05, 3.63) is 152 Å². The molecular formula is C35H29F3N4O3. The highest BCUT2D eigenvalue weighted by Crippen LogP contribution is 2.39. The number of benzene rings is 4. The van der Waals surface area contributed by atoms with Gasteiger partial charge in [-0.05, 0) is 47.7 Å². The molecule has 2 aromatic heterocycles. The van der Waals surface area contributed by atoms with Crippen LogP contribution >= 0.6 is 0 Å². The predicted molar refractivity (Wildman–Crippen MR) is 166 cm³/mol. The SMILES string of the molecule is O=c1c2c(nc(-c3ccc(O)cc3C(F)(F)F)n2Cc2ccccc2)n(CCc2ccccc2)c(=O)n1CCc1ccccc1. The van der Waals surface area contributed by atoms with Gasteiger partial charge in [0, 0.05) is 25.2 Å². The fourth-order valence-corrected chi connectivity index (χ4v) is 5.55. The van der Waals surface area contributed by atoms with Crippen molar-refractivity contribution >= 4 is 11.2 Å². The third-order valence-electron chi connectivity index (χ3n) is 7.78. The fraction of sp³-hybridized carbons (Fsp3) is 0.171. The van der Waals surface area contributed by atoms with E-state index in [0.29, 0.717) is 18.9 Å². The van der Waals surface area contributed by atoms with Gasteiger partial charge in [-0.3, -0.25) is 13.9 Å². The number of aromatic hydroxyl groups is 1. The van der Waals surface area contributed by atoms with E-state index in [1.54, 1.807) is 24.3 Å². The maximum absolute atomic E-state index is 14.3. The Labute approximate surface area is 256 Å². The molecule has 4 aromatic carbocycles. The summed E-state index contributed by atoms with van der Waals surface area (Å²) in [5, 5.41) is 9.96. The number of fused-ring (bicyclic) bond motifs is 1. The van der Waals surface area contributed by atoms with Crippen molar-refractivity contribution in [1.29, 1.82) is 0 Å². The molecule has 0 unspecified atom stereocenters. The van der Waals surface area contributed by atoms with E-state index in [-0.39, 0.29) is 42.2 Å². The standard InChI is InChI=1S/C35H29F3N4O3/c36-35(37,38)29-22-27(43)16-17-28(29)31-39-32-30(42(31)23-26-14-8-3-9-15-26)33(44)41(21-19-25-12-6-2-7-13-25)34(45)40(32)20-18-24-10-4-1-5-11-24/h1-17,22,43H,18-21,23H2. The summed E-state index contributed by atoms with van der Waals surface area (Å²) >= 11 is 0. The molecule has 6 rings (SSSR count). The number of phenolic OH excluding ortho intramolecular Hbond substituents is 1. The van der Waals surface area contributed by atoms with Crippen LogP contribution in [0.25, 0.3) is 22.6 Å². The number of alkyl halides is 3. The normalized spacial score (nSPS) is 11.7. The van der Waals surface area contributed by atoms with E-state index in [1.807, 2.05) is 66.7 Å². The van der Waals surface area contributed by atoms with E-state index in [4.69, 9.17) is 0 Å². The minimum Gasteiger partial charge on any atom is -0.508 e. The maximum atomic E-state index is 14.3. The Morgan fingerprint density at radius 3 is 1.76 bits per heavy atom. The van der Waals surface area contributed by atoms with Gasteiger partial charge in [-0.1, -0.05) is 91.0 Å². The average Bonchev–Trinajstić information content (AvgIpc) is 3.40. The largest absolute Gasteiger partial charge is 0.508 e. The van der Waals surface area contributed by atoms with Crippen LogP contribution in [0.15, 0.2) is 119 Å². The van der Waals surface area contributed by atoms with Crippen LogP contribution in [-0.2, 0) is 38.7 Å². The van der Waals surface area contributed by atoms with E-state index < -0.39 is 28.7 Å². The Kier molecular flexibility index (Phi) is 8.12. The molecular weight excluding hydrogens is 581 g/mol. The van der Waals surface area contributed by atoms with Crippen LogP contribution in [0.5, 0.6) is 5.75 Å². The van der Waals surface area contributed by atoms with E-state index >= 15 is 0 Å². The second-order valence-corrected chi connectivity index (χ2v) is 10.8. The molecule has 0 amide bonds. The van der Waals surface area contributed by atoms with Gasteiger partial charge in [-0.15, -0.1) is 0 Å². The van der Waals surface area contributed by atoms with Crippen molar-refractivity contribution in [2.75, 3.05) is 0 Å². The van der Waals surface area contributed by atoms with Crippen LogP contribution in [0.1, 0.15) is 22.3 Å². The average molecular weight is 611 g/mol. The highest BCUT2D eigenvalue weighted by atomic mass is 19.4. The van der Waals surface area contributed by atoms with Gasteiger partial charge in [0.1, 0.15) is 11.6 Å². The molecule has 0 aliphatic rings. The molecule has 0 aliphatic heterocycles. The van der Waals surface area contributed by atoms with E-state index in [1.165, 1.54) is 9.13 Å². The second kappa shape index (κ2) is 12.3. The first kappa shape index (κ1) is 29.7. The Bertz CT molecular complexity index is 2070. The summed E-state index contributed by atoms with van der Waals surface area (Å²) in [5.41, 5.74) is -0.0126. The second-order valence-electron chi connectivity index (χ2n) is 10.8. The van der Waals surface area contributed by atoms with Crippen molar-refractivity contribution < 1.29 is 18.3 Å². The highest BCUT2D eigenvalue weighted by Gasteiger charge is 2.36. The molecule has 0 saturated carbocycles. The van der Waals surface area contributed by atoms with Gasteiger partial charge in [0.15, 0.2) is 11.2 Å². The molecule has 1 N–H and O–H groups in total. The lowest BCUT2D eigenvalue weighted by molar-refractivity contribution is -0.137. The summed E-state index contributed by atoms with van der Waals surface area (Å²) in [6.07, 6.45) is -4.00. The predicted octanol–water partition coefficient (Wildman–Crippen LogP) is 6.28. The molecule has 0 spiro atoms. The first-order valence-corrected chi connectivity index (χ1v) is 14.5. The number of phenols is 1. The summed E-state index contributed by atoms with van der Waals surface area (Å²) in [5.74, 6) is -0.688. The molecule has 6 aromatic rings. The third kappa shape index (κ3) is 6.17. The molecule has 0 saturated heterocycles. The van der Waals surface area contributed by atoms with Gasteiger partial charge in [-0.25, -0.2) is 9.78 Å². The van der Waals surface area contributed by atoms with Crippen LogP contribution in [0, 0.1) is 0 Å². The summed E-state index contributed by atoms with van der Waals surface area (Å²) in [6, 6.07) is 30.8. The summed E-state index contributed by atoms with van der Waals surface area (Å²) in [7, 11) is 0. The molecule has 0 atom stereocenters. The molecule has 228 valence electrons. The highest BCUT2D eigenvalue weighted by molar-refractivity contribution is 5.78. The Balaban J connectivity index is 1.62. The number of nitrogens with zero attached hydrogens (tertiary/aromatic N) is 4. The quantitative estimate of drug-likeness (QED) is 0.209. The van der Waals surface area contributed by atoms with Gasteiger partial charge in [0.25, 0.3) is 5.56 Å². The summed E-state index contributed by atoms with van der Waals surface area (Å²) in [4.78, 5) is 32.8. The van der Waals surface area contributed by atoms with Gasteiger partial charge in [-0.2, -0.15) is 13.2 Å². The van der Waals surface area contributed by atoms with Crippen molar-refractivity contribution in [3.8, 4) is 17.1 Å². The number of imidazole rings is 1. The molecule has 2 heterocycles. The summed E-state index contributed by atoms with van der Waals surface area (Å²) in [6.45, 7) is 0.242. The number of hydrogen-bond acceptors (Lipinski definition) is 4. The molecule has 10 heteroatoms. The van der Waals surface area contributed by atoms with Crippen LogP contribution < -0.4 is 11.2 Å². The number of halogens is 3. The van der Waals surface area contributed by atoms with Gasteiger partial charge >= 0.3 is 11.9 Å². The minimum absolute atomic E-state index is 0.00372. The monoisotopic (exact) mass is 610 g/mol. The van der Waals surface area contributed by atoms with E-state index in [9.17, 15) is 27.9 Å². The number of hydrogen-bond donors (Lipinski definition) is 1. The topological polar surface area (TPSA) is 82.1 Å². The number of aryl methyl sites for hydroxylation is 3. The molecule has 0 aliphatic carbocycles. The minimum atomic E-state index is -4.83. The third-order valence-corrected chi connectivity index (χ3v) is 7.78. The maximum Gasteiger partial charge on any atom is 0.417 e. The van der Waals surface area contributed by atoms with Crippen molar-refractivity contribution in [2.24, 2.45) is 0 Å². The molecule has 0 radical (unpaired) electrons. The Hall–Kier alpha value is -5.38. The lowest BCUT2D eigenvalue weighted by atomic mass is 10.1. The zero-order valence-electron chi connectivity index (χ0n) is 24.1. The molecule has 45 heavy (non-hydrogen) atoms. The van der Waals surface area contributed by atoms with E-state index in [2.05, 4.69) is 4.98 Å². The first-order valence-electron chi connectivity index (χ1n) is 14.5. The lowest BCUT2D eigenvalue weighted by Gasteiger charge is -2.15. The smallest absolute Gasteiger partial charge is 0.417 e. The summed E-state index contributed by atoms with van der Waals surface area (Å²) < 4.78 is 46.9. The number of rotatable bonds is 9. The van der Waals surface area contributed by atoms with Crippen molar-refractivity contribution in [1.82, 2.24) is 18.7 Å². The Morgan fingerprint density at radius 2 is 1.20 bits per heavy atom. The Morgan fingerprint density at radius 1 is 0.667 bits per heavy atom. The first-order chi connectivity index (χ1) is 21.7. The van der Waals surface area contributed by atoms with Gasteiger partial charge in [0.05, 0.1) is 5.56 Å². The zero-order valence-corrected chi connectivity index (χ0v) is 24.1. The van der Waals surface area contributed by atoms with Crippen LogP contribution in [0.3, 0.4) is 0 Å². The van der Waals surface area contributed by atoms with Crippen LogP contribution in [0.4, 0.5) is 13.2 Å². The van der Waals surface area contributed by atoms with Crippen molar-refractivity contribution in [2.45, 2.75) is 38.7 Å². The van der Waals surface area contributed by atoms with E-state index in [0.717, 1.165) is 33.4 Å². The molecule has 0 bridgehead atoms.